The molecule has 2 aromatic heterocycles. The summed E-state index contributed by atoms with van der Waals surface area (Å²) in [5.74, 6) is 0.468. The molecule has 0 aliphatic carbocycles. The van der Waals surface area contributed by atoms with Gasteiger partial charge in [0.1, 0.15) is 15.8 Å². The number of anilines is 1. The van der Waals surface area contributed by atoms with E-state index in [4.69, 9.17) is 21.9 Å². The molecule has 2 aromatic rings. The van der Waals surface area contributed by atoms with Crippen LogP contribution in [0.2, 0.25) is 0 Å². The van der Waals surface area contributed by atoms with Gasteiger partial charge in [-0.15, -0.1) is 0 Å². The third kappa shape index (κ3) is 4.51. The Labute approximate surface area is 208 Å². The van der Waals surface area contributed by atoms with Gasteiger partial charge in [-0.1, -0.05) is 37.0 Å². The summed E-state index contributed by atoms with van der Waals surface area (Å²) in [5.41, 5.74) is 1.83. The zero-order valence-electron chi connectivity index (χ0n) is 19.5. The van der Waals surface area contributed by atoms with Gasteiger partial charge in [0.2, 0.25) is 0 Å². The average molecular weight is 500 g/mol. The molecule has 0 N–H and O–H groups in total. The van der Waals surface area contributed by atoms with Crippen LogP contribution in [0.5, 0.6) is 0 Å². The largest absolute Gasteiger partial charge is 0.376 e. The van der Waals surface area contributed by atoms with Gasteiger partial charge in [0, 0.05) is 39.0 Å². The van der Waals surface area contributed by atoms with Crippen molar-refractivity contribution in [2.45, 2.75) is 32.8 Å². The van der Waals surface area contributed by atoms with Crippen molar-refractivity contribution in [2.75, 3.05) is 50.8 Å². The molecule has 0 unspecified atom stereocenters. The Balaban J connectivity index is 1.54. The maximum atomic E-state index is 13.7. The van der Waals surface area contributed by atoms with Gasteiger partial charge in [-0.3, -0.25) is 18.9 Å². The molecule has 1 amide bonds. The number of pyridine rings is 1. The maximum Gasteiger partial charge on any atom is 0.267 e. The SMILES string of the molecule is CCN1CCN(c2nc3ccc(C)cn3c(=O)c2/C=C2\SC(=S)N(C[C@@H]3CCCO3)C2=O)CC1. The van der Waals surface area contributed by atoms with E-state index in [1.54, 1.807) is 21.6 Å². The molecule has 0 aromatic carbocycles. The van der Waals surface area contributed by atoms with Crippen molar-refractivity contribution in [3.05, 3.63) is 44.7 Å². The number of aromatic nitrogens is 2. The van der Waals surface area contributed by atoms with Crippen molar-refractivity contribution in [3.8, 4) is 0 Å². The third-order valence-electron chi connectivity index (χ3n) is 6.66. The lowest BCUT2D eigenvalue weighted by Crippen LogP contribution is -2.47. The van der Waals surface area contributed by atoms with E-state index in [1.807, 2.05) is 19.1 Å². The van der Waals surface area contributed by atoms with Gasteiger partial charge in [-0.25, -0.2) is 4.98 Å². The van der Waals surface area contributed by atoms with Gasteiger partial charge in [0.05, 0.1) is 23.1 Å². The maximum absolute atomic E-state index is 13.7. The molecule has 10 heteroatoms. The number of piperazine rings is 1. The Kier molecular flexibility index (Phi) is 6.74. The zero-order valence-corrected chi connectivity index (χ0v) is 21.2. The number of ether oxygens (including phenoxy) is 1. The lowest BCUT2D eigenvalue weighted by molar-refractivity contribution is -0.123. The topological polar surface area (TPSA) is 70.4 Å². The highest BCUT2D eigenvalue weighted by Gasteiger charge is 2.35. The molecule has 3 fully saturated rings. The molecule has 8 nitrogen and oxygen atoms in total. The number of fused-ring (bicyclic) bond motifs is 1. The van der Waals surface area contributed by atoms with Gasteiger partial charge < -0.3 is 14.5 Å². The molecule has 0 spiro atoms. The second-order valence-electron chi connectivity index (χ2n) is 8.94. The van der Waals surface area contributed by atoms with Gasteiger partial charge >= 0.3 is 0 Å². The minimum atomic E-state index is -0.175. The van der Waals surface area contributed by atoms with Crippen molar-refractivity contribution in [2.24, 2.45) is 0 Å². The Morgan fingerprint density at radius 2 is 2.03 bits per heavy atom. The van der Waals surface area contributed by atoms with Gasteiger partial charge in [0.15, 0.2) is 0 Å². The highest BCUT2D eigenvalue weighted by atomic mass is 32.2. The number of carbonyl (C=O) groups is 1. The first-order valence-electron chi connectivity index (χ1n) is 11.8. The molecule has 0 bridgehead atoms. The summed E-state index contributed by atoms with van der Waals surface area (Å²) in [5, 5.41) is 0. The van der Waals surface area contributed by atoms with Crippen molar-refractivity contribution in [1.29, 1.82) is 0 Å². The van der Waals surface area contributed by atoms with Crippen molar-refractivity contribution >= 4 is 51.7 Å². The molecule has 3 saturated heterocycles. The average Bonchev–Trinajstić information content (AvgIpc) is 3.45. The number of aryl methyl sites for hydroxylation is 1. The Bertz CT molecular complexity index is 1210. The van der Waals surface area contributed by atoms with Crippen LogP contribution in [0.15, 0.2) is 28.0 Å². The fourth-order valence-corrected chi connectivity index (χ4v) is 5.93. The summed E-state index contributed by atoms with van der Waals surface area (Å²) >= 11 is 6.76. The molecule has 180 valence electrons. The van der Waals surface area contributed by atoms with E-state index in [2.05, 4.69) is 16.7 Å². The number of nitrogens with zero attached hydrogens (tertiary/aromatic N) is 5. The minimum absolute atomic E-state index is 0.0169. The molecule has 5 rings (SSSR count). The van der Waals surface area contributed by atoms with Crippen molar-refractivity contribution in [1.82, 2.24) is 19.2 Å². The summed E-state index contributed by atoms with van der Waals surface area (Å²) in [6.45, 7) is 9.67. The number of amides is 1. The monoisotopic (exact) mass is 499 g/mol. The van der Waals surface area contributed by atoms with Crippen molar-refractivity contribution in [3.63, 3.8) is 0 Å². The van der Waals surface area contributed by atoms with Crippen LogP contribution in [0.25, 0.3) is 11.7 Å². The summed E-state index contributed by atoms with van der Waals surface area (Å²) in [7, 11) is 0. The Morgan fingerprint density at radius 1 is 1.24 bits per heavy atom. The molecule has 3 aliphatic heterocycles. The number of hydrogen-bond donors (Lipinski definition) is 0. The fourth-order valence-electron chi connectivity index (χ4n) is 4.67. The molecule has 0 saturated carbocycles. The van der Waals surface area contributed by atoms with Crippen LogP contribution in [0.3, 0.4) is 0 Å². The number of thioether (sulfide) groups is 1. The smallest absolute Gasteiger partial charge is 0.267 e. The Hall–Kier alpha value is -2.27. The highest BCUT2D eigenvalue weighted by Crippen LogP contribution is 2.34. The first kappa shape index (κ1) is 23.5. The highest BCUT2D eigenvalue weighted by molar-refractivity contribution is 8.26. The molecule has 3 aliphatic rings. The molecule has 34 heavy (non-hydrogen) atoms. The molecule has 0 radical (unpaired) electrons. The normalized spacial score (nSPS) is 23.1. The lowest BCUT2D eigenvalue weighted by atomic mass is 10.2. The number of hydrogen-bond acceptors (Lipinski definition) is 8. The predicted octanol–water partition coefficient (Wildman–Crippen LogP) is 2.53. The minimum Gasteiger partial charge on any atom is -0.376 e. The van der Waals surface area contributed by atoms with Gasteiger partial charge in [0.25, 0.3) is 11.5 Å². The van der Waals surface area contributed by atoms with Crippen LogP contribution in [-0.4, -0.2) is 81.4 Å². The van der Waals surface area contributed by atoms with Crippen LogP contribution >= 0.6 is 24.0 Å². The molecular weight excluding hydrogens is 470 g/mol. The first-order valence-corrected chi connectivity index (χ1v) is 13.0. The van der Waals surface area contributed by atoms with Crippen LogP contribution in [0.4, 0.5) is 5.82 Å². The van der Waals surface area contributed by atoms with Crippen LogP contribution < -0.4 is 10.5 Å². The van der Waals surface area contributed by atoms with E-state index in [0.29, 0.717) is 32.8 Å². The Morgan fingerprint density at radius 3 is 2.74 bits per heavy atom. The predicted molar refractivity (Wildman–Crippen MR) is 139 cm³/mol. The third-order valence-corrected chi connectivity index (χ3v) is 8.04. The molecule has 1 atom stereocenters. The molecule has 5 heterocycles. The number of carbonyl (C=O) groups excluding carboxylic acids is 1. The van der Waals surface area contributed by atoms with E-state index in [0.717, 1.165) is 57.7 Å². The second kappa shape index (κ2) is 9.77. The second-order valence-corrected chi connectivity index (χ2v) is 10.6. The zero-order chi connectivity index (χ0) is 23.8. The van der Waals surface area contributed by atoms with Crippen LogP contribution in [-0.2, 0) is 9.53 Å². The summed E-state index contributed by atoms with van der Waals surface area (Å²) in [6.07, 6.45) is 5.44. The number of thiocarbonyl (C=S) groups is 1. The number of rotatable bonds is 5. The lowest BCUT2D eigenvalue weighted by Gasteiger charge is -2.35. The summed E-state index contributed by atoms with van der Waals surface area (Å²) in [4.78, 5) is 38.4. The fraction of sp³-hybridized carbons (Fsp3) is 0.500. The van der Waals surface area contributed by atoms with Gasteiger partial charge in [-0.2, -0.15) is 0 Å². The van der Waals surface area contributed by atoms with E-state index in [1.165, 1.54) is 11.8 Å². The first-order chi connectivity index (χ1) is 16.4. The summed E-state index contributed by atoms with van der Waals surface area (Å²) < 4.78 is 7.78. The summed E-state index contributed by atoms with van der Waals surface area (Å²) in [6, 6.07) is 3.82. The van der Waals surface area contributed by atoms with Crippen molar-refractivity contribution < 1.29 is 9.53 Å². The van der Waals surface area contributed by atoms with Crippen LogP contribution in [0.1, 0.15) is 30.9 Å². The van der Waals surface area contributed by atoms with E-state index >= 15 is 0 Å². The quantitative estimate of drug-likeness (QED) is 0.459. The van der Waals surface area contributed by atoms with Gasteiger partial charge in [-0.05, 0) is 44.0 Å². The van der Waals surface area contributed by atoms with Crippen LogP contribution in [0, 0.1) is 6.92 Å². The van der Waals surface area contributed by atoms with E-state index in [-0.39, 0.29) is 17.6 Å². The number of likely N-dealkylation sites (N-methyl/N-ethyl adjacent to an activating group) is 1. The standard InChI is InChI=1S/C24H29N5O3S2/c1-3-26-8-10-27(11-9-26)21-18(22(30)28-14-16(2)6-7-20(28)25-21)13-19-23(31)29(24(33)34-19)15-17-5-4-12-32-17/h6-7,13-14,17H,3-5,8-12,15H2,1-2H3/b19-13-/t17-/m0/s1. The van der Waals surface area contributed by atoms with E-state index < -0.39 is 0 Å². The van der Waals surface area contributed by atoms with E-state index in [9.17, 15) is 9.59 Å². The molecular formula is C24H29N5O3S2.